The summed E-state index contributed by atoms with van der Waals surface area (Å²) in [5.41, 5.74) is 2.12. The van der Waals surface area contributed by atoms with Crippen molar-refractivity contribution in [2.75, 3.05) is 13.9 Å². The fraction of sp³-hybridized carbons (Fsp3) is 0.192. The Hall–Kier alpha value is -3.85. The van der Waals surface area contributed by atoms with E-state index in [4.69, 9.17) is 18.9 Å². The molecule has 0 N–H and O–H groups in total. The molecular formula is C26H22BrN3O5. The molecule has 178 valence electrons. The van der Waals surface area contributed by atoms with Crippen LogP contribution in [0.4, 0.5) is 0 Å². The van der Waals surface area contributed by atoms with Gasteiger partial charge < -0.3 is 18.9 Å². The maximum atomic E-state index is 13.1. The minimum atomic E-state index is -0.222. The maximum Gasteiger partial charge on any atom is 0.282 e. The second kappa shape index (κ2) is 9.79. The Labute approximate surface area is 209 Å². The number of aryl methyl sites for hydroxylation is 1. The van der Waals surface area contributed by atoms with Crippen molar-refractivity contribution >= 4 is 33.0 Å². The van der Waals surface area contributed by atoms with E-state index in [1.54, 1.807) is 25.5 Å². The normalized spacial score (nSPS) is 12.4. The second-order valence-corrected chi connectivity index (χ2v) is 8.71. The number of halogens is 1. The molecule has 9 heteroatoms. The summed E-state index contributed by atoms with van der Waals surface area (Å²) in [4.78, 5) is 17.7. The summed E-state index contributed by atoms with van der Waals surface area (Å²) in [6, 6.07) is 16.6. The Morgan fingerprint density at radius 1 is 1.09 bits per heavy atom. The first-order valence-electron chi connectivity index (χ1n) is 11.0. The summed E-state index contributed by atoms with van der Waals surface area (Å²) in [5.74, 6) is 3.16. The van der Waals surface area contributed by atoms with Crippen LogP contribution in [0.5, 0.6) is 23.0 Å². The molecule has 0 aliphatic carbocycles. The summed E-state index contributed by atoms with van der Waals surface area (Å²) in [6.45, 7) is 2.51. The summed E-state index contributed by atoms with van der Waals surface area (Å²) in [7, 11) is 1.58. The smallest absolute Gasteiger partial charge is 0.282 e. The quantitative estimate of drug-likeness (QED) is 0.312. The number of hydrogen-bond acceptors (Lipinski definition) is 7. The van der Waals surface area contributed by atoms with Gasteiger partial charge in [0, 0.05) is 10.9 Å². The van der Waals surface area contributed by atoms with Gasteiger partial charge in [0.05, 0.1) is 24.2 Å². The number of fused-ring (bicyclic) bond motifs is 2. The van der Waals surface area contributed by atoms with Crippen LogP contribution in [0.1, 0.15) is 23.9 Å². The van der Waals surface area contributed by atoms with Crippen molar-refractivity contribution in [2.24, 2.45) is 5.10 Å². The standard InChI is InChI=1S/C26H22BrN3O5/c1-3-25-29-20-7-6-18(27)12-19(20)26(31)30(25)28-13-16-4-8-21(23(10-16)32-2)33-14-17-5-9-22-24(11-17)35-15-34-22/h4-13H,3,14-15H2,1-2H3. The molecule has 0 saturated heterocycles. The molecule has 0 radical (unpaired) electrons. The highest BCUT2D eigenvalue weighted by Gasteiger charge is 2.14. The van der Waals surface area contributed by atoms with Gasteiger partial charge in [-0.25, -0.2) is 4.98 Å². The fourth-order valence-corrected chi connectivity index (χ4v) is 4.10. The fourth-order valence-electron chi connectivity index (χ4n) is 3.74. The van der Waals surface area contributed by atoms with Crippen molar-refractivity contribution in [2.45, 2.75) is 20.0 Å². The highest BCUT2D eigenvalue weighted by molar-refractivity contribution is 9.10. The molecule has 0 amide bonds. The van der Waals surface area contributed by atoms with Crippen molar-refractivity contribution in [3.8, 4) is 23.0 Å². The lowest BCUT2D eigenvalue weighted by molar-refractivity contribution is 0.174. The zero-order valence-corrected chi connectivity index (χ0v) is 20.7. The average Bonchev–Trinajstić information content (AvgIpc) is 3.35. The molecule has 0 fully saturated rings. The van der Waals surface area contributed by atoms with E-state index in [-0.39, 0.29) is 12.4 Å². The van der Waals surface area contributed by atoms with Gasteiger partial charge in [-0.05, 0) is 59.7 Å². The van der Waals surface area contributed by atoms with E-state index < -0.39 is 0 Å². The van der Waals surface area contributed by atoms with E-state index in [1.807, 2.05) is 49.4 Å². The lowest BCUT2D eigenvalue weighted by Crippen LogP contribution is -2.22. The zero-order chi connectivity index (χ0) is 24.4. The number of aromatic nitrogens is 2. The molecular weight excluding hydrogens is 514 g/mol. The molecule has 8 nitrogen and oxygen atoms in total. The third-order valence-corrected chi connectivity index (χ3v) is 6.03. The van der Waals surface area contributed by atoms with Crippen LogP contribution < -0.4 is 24.5 Å². The number of nitrogens with zero attached hydrogens (tertiary/aromatic N) is 3. The first-order valence-corrected chi connectivity index (χ1v) is 11.8. The summed E-state index contributed by atoms with van der Waals surface area (Å²) >= 11 is 3.41. The molecule has 2 heterocycles. The van der Waals surface area contributed by atoms with Crippen LogP contribution in [0, 0.1) is 0 Å². The van der Waals surface area contributed by atoms with Gasteiger partial charge in [-0.2, -0.15) is 9.78 Å². The number of hydrogen-bond donors (Lipinski definition) is 0. The number of methoxy groups -OCH3 is 1. The first-order chi connectivity index (χ1) is 17.1. The molecule has 0 spiro atoms. The largest absolute Gasteiger partial charge is 0.493 e. The van der Waals surface area contributed by atoms with Crippen LogP contribution in [-0.2, 0) is 13.0 Å². The molecule has 35 heavy (non-hydrogen) atoms. The molecule has 1 aliphatic heterocycles. The van der Waals surface area contributed by atoms with Crippen LogP contribution in [0.2, 0.25) is 0 Å². The van der Waals surface area contributed by atoms with Crippen molar-refractivity contribution < 1.29 is 18.9 Å². The second-order valence-electron chi connectivity index (χ2n) is 7.79. The lowest BCUT2D eigenvalue weighted by atomic mass is 10.2. The van der Waals surface area contributed by atoms with Gasteiger partial charge in [0.15, 0.2) is 23.0 Å². The summed E-state index contributed by atoms with van der Waals surface area (Å²) < 4.78 is 24.4. The number of benzene rings is 3. The zero-order valence-electron chi connectivity index (χ0n) is 19.2. The first kappa shape index (κ1) is 22.9. The van der Waals surface area contributed by atoms with Gasteiger partial charge >= 0.3 is 0 Å². The predicted octanol–water partition coefficient (Wildman–Crippen LogP) is 4.92. The van der Waals surface area contributed by atoms with Crippen LogP contribution in [0.15, 0.2) is 69.0 Å². The number of ether oxygens (including phenoxy) is 4. The minimum Gasteiger partial charge on any atom is -0.493 e. The molecule has 4 aromatic rings. The van der Waals surface area contributed by atoms with Crippen LogP contribution >= 0.6 is 15.9 Å². The third kappa shape index (κ3) is 4.72. The molecule has 1 aliphatic rings. The van der Waals surface area contributed by atoms with Crippen molar-refractivity contribution in [1.82, 2.24) is 9.66 Å². The Morgan fingerprint density at radius 3 is 2.77 bits per heavy atom. The summed E-state index contributed by atoms with van der Waals surface area (Å²) in [5, 5.41) is 4.94. The Kier molecular flexibility index (Phi) is 6.41. The van der Waals surface area contributed by atoms with Crippen molar-refractivity contribution in [3.05, 3.63) is 86.4 Å². The van der Waals surface area contributed by atoms with Crippen LogP contribution in [-0.4, -0.2) is 29.8 Å². The molecule has 5 rings (SSSR count). The monoisotopic (exact) mass is 535 g/mol. The van der Waals surface area contributed by atoms with Gasteiger partial charge in [-0.3, -0.25) is 4.79 Å². The van der Waals surface area contributed by atoms with E-state index in [0.717, 1.165) is 21.3 Å². The van der Waals surface area contributed by atoms with E-state index in [1.165, 1.54) is 4.68 Å². The molecule has 0 unspecified atom stereocenters. The summed E-state index contributed by atoms with van der Waals surface area (Å²) in [6.07, 6.45) is 2.17. The highest BCUT2D eigenvalue weighted by Crippen LogP contribution is 2.33. The van der Waals surface area contributed by atoms with Crippen LogP contribution in [0.25, 0.3) is 10.9 Å². The van der Waals surface area contributed by atoms with E-state index in [2.05, 4.69) is 26.0 Å². The van der Waals surface area contributed by atoms with Gasteiger partial charge in [0.25, 0.3) is 5.56 Å². The molecule has 3 aromatic carbocycles. The van der Waals surface area contributed by atoms with Gasteiger partial charge in [-0.15, -0.1) is 0 Å². The lowest BCUT2D eigenvalue weighted by Gasteiger charge is -2.12. The predicted molar refractivity (Wildman–Crippen MR) is 136 cm³/mol. The molecule has 0 bridgehead atoms. The average molecular weight is 536 g/mol. The molecule has 1 aromatic heterocycles. The topological polar surface area (TPSA) is 84.2 Å². The highest BCUT2D eigenvalue weighted by atomic mass is 79.9. The van der Waals surface area contributed by atoms with Crippen molar-refractivity contribution in [1.29, 1.82) is 0 Å². The third-order valence-electron chi connectivity index (χ3n) is 5.53. The Bertz CT molecular complexity index is 1500. The Balaban J connectivity index is 1.38. The maximum absolute atomic E-state index is 13.1. The molecule has 0 atom stereocenters. The number of rotatable bonds is 7. The van der Waals surface area contributed by atoms with Gasteiger partial charge in [0.2, 0.25) is 6.79 Å². The molecule has 0 saturated carbocycles. The van der Waals surface area contributed by atoms with Crippen LogP contribution in [0.3, 0.4) is 0 Å². The minimum absolute atomic E-state index is 0.222. The van der Waals surface area contributed by atoms with Crippen molar-refractivity contribution in [3.63, 3.8) is 0 Å². The van der Waals surface area contributed by atoms with E-state index in [0.29, 0.717) is 47.0 Å². The SMILES string of the molecule is CCc1nc2ccc(Br)cc2c(=O)n1N=Cc1ccc(OCc2ccc3c(c2)OCO3)c(OC)c1. The Morgan fingerprint density at radius 2 is 1.94 bits per heavy atom. The van der Waals surface area contributed by atoms with E-state index >= 15 is 0 Å². The van der Waals surface area contributed by atoms with Gasteiger partial charge in [0.1, 0.15) is 12.4 Å². The van der Waals surface area contributed by atoms with E-state index in [9.17, 15) is 4.79 Å². The van der Waals surface area contributed by atoms with Gasteiger partial charge in [-0.1, -0.05) is 28.9 Å².